The molecular formula is C18H23N3O2. The second-order valence-electron chi connectivity index (χ2n) is 5.04. The number of hydrogen-bond donors (Lipinski definition) is 1. The van der Waals surface area contributed by atoms with Crippen LogP contribution >= 0.6 is 0 Å². The molecule has 23 heavy (non-hydrogen) atoms. The Morgan fingerprint density at radius 1 is 1.13 bits per heavy atom. The number of rotatable bonds is 8. The van der Waals surface area contributed by atoms with Crippen molar-refractivity contribution in [3.8, 4) is 5.75 Å². The lowest BCUT2D eigenvalue weighted by Gasteiger charge is -2.19. The summed E-state index contributed by atoms with van der Waals surface area (Å²) in [6.07, 6.45) is 1.98. The van der Waals surface area contributed by atoms with Crippen molar-refractivity contribution in [2.75, 3.05) is 29.9 Å². The molecule has 2 rings (SSSR count). The Labute approximate surface area is 137 Å². The summed E-state index contributed by atoms with van der Waals surface area (Å²) in [5, 5.41) is 2.83. The summed E-state index contributed by atoms with van der Waals surface area (Å²) in [5.74, 6) is 1.60. The topological polar surface area (TPSA) is 54.5 Å². The van der Waals surface area contributed by atoms with E-state index in [9.17, 15) is 4.79 Å². The van der Waals surface area contributed by atoms with E-state index in [1.54, 1.807) is 6.20 Å². The van der Waals surface area contributed by atoms with Crippen molar-refractivity contribution in [2.45, 2.75) is 20.3 Å². The highest BCUT2D eigenvalue weighted by molar-refractivity contribution is 5.90. The third-order valence-electron chi connectivity index (χ3n) is 3.46. The van der Waals surface area contributed by atoms with Crippen LogP contribution in [-0.2, 0) is 4.79 Å². The van der Waals surface area contributed by atoms with Crippen LogP contribution in [0.1, 0.15) is 20.3 Å². The molecule has 0 aliphatic rings. The van der Waals surface area contributed by atoms with Crippen LogP contribution in [0.5, 0.6) is 5.75 Å². The van der Waals surface area contributed by atoms with Crippen LogP contribution in [0.4, 0.5) is 11.5 Å². The third kappa shape index (κ3) is 5.29. The lowest BCUT2D eigenvalue weighted by molar-refractivity contribution is -0.116. The van der Waals surface area contributed by atoms with Gasteiger partial charge in [0.2, 0.25) is 5.91 Å². The van der Waals surface area contributed by atoms with Gasteiger partial charge < -0.3 is 15.0 Å². The fraction of sp³-hybridized carbons (Fsp3) is 0.333. The smallest absolute Gasteiger partial charge is 0.227 e. The number of benzene rings is 1. The fourth-order valence-corrected chi connectivity index (χ4v) is 2.20. The Morgan fingerprint density at radius 3 is 2.48 bits per heavy atom. The minimum absolute atomic E-state index is 0.0849. The number of ether oxygens (including phenoxy) is 1. The quantitative estimate of drug-likeness (QED) is 0.812. The van der Waals surface area contributed by atoms with E-state index in [1.807, 2.05) is 42.5 Å². The van der Waals surface area contributed by atoms with Crippen LogP contribution in [0.2, 0.25) is 0 Å². The van der Waals surface area contributed by atoms with Gasteiger partial charge in [-0.1, -0.05) is 18.2 Å². The molecule has 0 saturated carbocycles. The molecule has 0 atom stereocenters. The van der Waals surface area contributed by atoms with Gasteiger partial charge in [-0.3, -0.25) is 4.79 Å². The van der Waals surface area contributed by atoms with Gasteiger partial charge in [0.15, 0.2) is 0 Å². The van der Waals surface area contributed by atoms with Gasteiger partial charge in [-0.2, -0.15) is 0 Å². The van der Waals surface area contributed by atoms with E-state index in [1.165, 1.54) is 0 Å². The number of pyridine rings is 1. The zero-order valence-corrected chi connectivity index (χ0v) is 13.7. The molecule has 0 aliphatic carbocycles. The molecule has 0 fully saturated rings. The standard InChI is InChI=1S/C18H23N3O2/c1-3-21(4-2)17-11-10-15(14-19-17)20-18(22)12-13-23-16-8-6-5-7-9-16/h5-11,14H,3-4,12-13H2,1-2H3,(H,20,22). The Kier molecular flexibility index (Phi) is 6.41. The number of hydrogen-bond acceptors (Lipinski definition) is 4. The Bertz CT molecular complexity index is 595. The van der Waals surface area contributed by atoms with E-state index in [0.717, 1.165) is 24.7 Å². The molecule has 0 aliphatic heterocycles. The number of carbonyl (C=O) groups is 1. The first-order valence-corrected chi connectivity index (χ1v) is 7.91. The molecule has 5 nitrogen and oxygen atoms in total. The Hall–Kier alpha value is -2.56. The fourth-order valence-electron chi connectivity index (χ4n) is 2.20. The first-order valence-electron chi connectivity index (χ1n) is 7.91. The summed E-state index contributed by atoms with van der Waals surface area (Å²) in [6.45, 7) is 6.35. The molecule has 0 spiro atoms. The van der Waals surface area contributed by atoms with Crippen LogP contribution in [0.15, 0.2) is 48.7 Å². The number of nitrogens with zero attached hydrogens (tertiary/aromatic N) is 2. The Balaban J connectivity index is 1.78. The van der Waals surface area contributed by atoms with Gasteiger partial charge in [0.25, 0.3) is 0 Å². The summed E-state index contributed by atoms with van der Waals surface area (Å²) >= 11 is 0. The van der Waals surface area contributed by atoms with Crippen LogP contribution in [0.3, 0.4) is 0 Å². The highest BCUT2D eigenvalue weighted by Gasteiger charge is 2.06. The average Bonchev–Trinajstić information content (AvgIpc) is 2.58. The number of nitrogens with one attached hydrogen (secondary N) is 1. The maximum absolute atomic E-state index is 11.9. The summed E-state index contributed by atoms with van der Waals surface area (Å²) in [7, 11) is 0. The number of anilines is 2. The first kappa shape index (κ1) is 16.8. The van der Waals surface area contributed by atoms with Crippen LogP contribution < -0.4 is 15.0 Å². The highest BCUT2D eigenvalue weighted by atomic mass is 16.5. The van der Waals surface area contributed by atoms with Crippen molar-refractivity contribution in [1.29, 1.82) is 0 Å². The van der Waals surface area contributed by atoms with E-state index in [4.69, 9.17) is 4.74 Å². The zero-order valence-electron chi connectivity index (χ0n) is 13.7. The maximum Gasteiger partial charge on any atom is 0.227 e. The van der Waals surface area contributed by atoms with Crippen molar-refractivity contribution in [2.24, 2.45) is 0 Å². The summed E-state index contributed by atoms with van der Waals surface area (Å²) in [4.78, 5) is 18.4. The first-order chi connectivity index (χ1) is 11.2. The summed E-state index contributed by atoms with van der Waals surface area (Å²) < 4.78 is 5.51. The van der Waals surface area contributed by atoms with Gasteiger partial charge in [0.1, 0.15) is 11.6 Å². The van der Waals surface area contributed by atoms with Crippen molar-refractivity contribution >= 4 is 17.4 Å². The second kappa shape index (κ2) is 8.78. The molecule has 122 valence electrons. The molecular weight excluding hydrogens is 290 g/mol. The molecule has 0 radical (unpaired) electrons. The van der Waals surface area contributed by atoms with E-state index in [2.05, 4.69) is 29.0 Å². The number of aromatic nitrogens is 1. The van der Waals surface area contributed by atoms with E-state index < -0.39 is 0 Å². The summed E-state index contributed by atoms with van der Waals surface area (Å²) in [6, 6.07) is 13.3. The number of amides is 1. The zero-order chi connectivity index (χ0) is 16.5. The molecule has 1 aromatic carbocycles. The molecule has 0 bridgehead atoms. The normalized spacial score (nSPS) is 10.2. The molecule has 1 N–H and O–H groups in total. The van der Waals surface area contributed by atoms with Crippen LogP contribution in [-0.4, -0.2) is 30.6 Å². The molecule has 0 saturated heterocycles. The lowest BCUT2D eigenvalue weighted by Crippen LogP contribution is -2.23. The number of para-hydroxylation sites is 1. The van der Waals surface area contributed by atoms with Crippen LogP contribution in [0, 0.1) is 0 Å². The molecule has 1 amide bonds. The second-order valence-corrected chi connectivity index (χ2v) is 5.04. The molecule has 5 heteroatoms. The monoisotopic (exact) mass is 313 g/mol. The average molecular weight is 313 g/mol. The van der Waals surface area contributed by atoms with Gasteiger partial charge in [-0.25, -0.2) is 4.98 Å². The van der Waals surface area contributed by atoms with E-state index >= 15 is 0 Å². The third-order valence-corrected chi connectivity index (χ3v) is 3.46. The summed E-state index contributed by atoms with van der Waals surface area (Å²) in [5.41, 5.74) is 0.700. The van der Waals surface area contributed by atoms with Crippen molar-refractivity contribution in [1.82, 2.24) is 4.98 Å². The predicted molar refractivity (Wildman–Crippen MR) is 93.0 cm³/mol. The minimum atomic E-state index is -0.0849. The lowest BCUT2D eigenvalue weighted by atomic mass is 10.3. The van der Waals surface area contributed by atoms with Crippen LogP contribution in [0.25, 0.3) is 0 Å². The van der Waals surface area contributed by atoms with Gasteiger partial charge in [0, 0.05) is 13.1 Å². The maximum atomic E-state index is 11.9. The highest BCUT2D eigenvalue weighted by Crippen LogP contribution is 2.14. The minimum Gasteiger partial charge on any atom is -0.493 e. The van der Waals surface area contributed by atoms with E-state index in [0.29, 0.717) is 18.7 Å². The van der Waals surface area contributed by atoms with Crippen molar-refractivity contribution < 1.29 is 9.53 Å². The molecule has 1 heterocycles. The van der Waals surface area contributed by atoms with Gasteiger partial charge in [-0.05, 0) is 38.1 Å². The Morgan fingerprint density at radius 2 is 1.87 bits per heavy atom. The van der Waals surface area contributed by atoms with E-state index in [-0.39, 0.29) is 5.91 Å². The van der Waals surface area contributed by atoms with Gasteiger partial charge >= 0.3 is 0 Å². The van der Waals surface area contributed by atoms with Gasteiger partial charge in [-0.15, -0.1) is 0 Å². The predicted octanol–water partition coefficient (Wildman–Crippen LogP) is 3.34. The molecule has 0 unspecified atom stereocenters. The van der Waals surface area contributed by atoms with Crippen molar-refractivity contribution in [3.63, 3.8) is 0 Å². The van der Waals surface area contributed by atoms with Crippen molar-refractivity contribution in [3.05, 3.63) is 48.7 Å². The SMILES string of the molecule is CCN(CC)c1ccc(NC(=O)CCOc2ccccc2)cn1. The number of carbonyl (C=O) groups excluding carboxylic acids is 1. The largest absolute Gasteiger partial charge is 0.493 e. The molecule has 2 aromatic rings. The van der Waals surface area contributed by atoms with Gasteiger partial charge in [0.05, 0.1) is 24.9 Å². The molecule has 1 aromatic heterocycles.